The standard InChI is InChI=1S/C13H22N2O3.ClH/c1-8(13(17)18-2)14-12(16)7-9-5-10-3-4-11(6-9)15-10;/h8-11,15H,3-7H2,1-2H3,(H,14,16);1H. The average molecular weight is 291 g/mol. The van der Waals surface area contributed by atoms with Gasteiger partial charge < -0.3 is 15.4 Å². The third kappa shape index (κ3) is 4.35. The molecule has 0 aromatic carbocycles. The molecule has 2 aliphatic heterocycles. The van der Waals surface area contributed by atoms with Crippen molar-refractivity contribution in [1.82, 2.24) is 10.6 Å². The van der Waals surface area contributed by atoms with Crippen molar-refractivity contribution in [2.45, 2.75) is 57.2 Å². The normalized spacial score (nSPS) is 30.1. The Hall–Kier alpha value is -0.810. The molecule has 110 valence electrons. The third-order valence-electron chi connectivity index (χ3n) is 3.98. The van der Waals surface area contributed by atoms with E-state index < -0.39 is 12.0 Å². The van der Waals surface area contributed by atoms with Gasteiger partial charge in [-0.2, -0.15) is 0 Å². The van der Waals surface area contributed by atoms with Gasteiger partial charge in [-0.25, -0.2) is 4.79 Å². The lowest BCUT2D eigenvalue weighted by atomic mass is 9.89. The Bertz CT molecular complexity index is 326. The minimum atomic E-state index is -0.555. The van der Waals surface area contributed by atoms with Gasteiger partial charge in [0.1, 0.15) is 6.04 Å². The van der Waals surface area contributed by atoms with Gasteiger partial charge in [0.25, 0.3) is 0 Å². The number of rotatable bonds is 4. The van der Waals surface area contributed by atoms with Crippen molar-refractivity contribution in [3.8, 4) is 0 Å². The van der Waals surface area contributed by atoms with E-state index in [0.717, 1.165) is 12.8 Å². The maximum atomic E-state index is 11.8. The summed E-state index contributed by atoms with van der Waals surface area (Å²) in [6, 6.07) is 0.639. The van der Waals surface area contributed by atoms with E-state index >= 15 is 0 Å². The van der Waals surface area contributed by atoms with Crippen molar-refractivity contribution in [3.63, 3.8) is 0 Å². The summed E-state index contributed by atoms with van der Waals surface area (Å²) >= 11 is 0. The van der Waals surface area contributed by atoms with Gasteiger partial charge in [-0.1, -0.05) is 0 Å². The summed E-state index contributed by atoms with van der Waals surface area (Å²) in [5.41, 5.74) is 0. The van der Waals surface area contributed by atoms with E-state index in [2.05, 4.69) is 15.4 Å². The van der Waals surface area contributed by atoms with Gasteiger partial charge in [-0.05, 0) is 38.5 Å². The number of piperidine rings is 1. The molecular formula is C13H23ClN2O3. The van der Waals surface area contributed by atoms with E-state index in [0.29, 0.717) is 24.4 Å². The molecule has 19 heavy (non-hydrogen) atoms. The number of esters is 1. The molecule has 0 aliphatic carbocycles. The van der Waals surface area contributed by atoms with Gasteiger partial charge in [0.15, 0.2) is 0 Å². The van der Waals surface area contributed by atoms with Crippen LogP contribution in [0.15, 0.2) is 0 Å². The number of ether oxygens (including phenoxy) is 1. The van der Waals surface area contributed by atoms with Crippen molar-refractivity contribution in [2.24, 2.45) is 5.92 Å². The van der Waals surface area contributed by atoms with Crippen LogP contribution in [-0.4, -0.2) is 37.1 Å². The van der Waals surface area contributed by atoms with Crippen LogP contribution in [0.2, 0.25) is 0 Å². The largest absolute Gasteiger partial charge is 0.467 e. The Balaban J connectivity index is 0.00000180. The quantitative estimate of drug-likeness (QED) is 0.758. The highest BCUT2D eigenvalue weighted by molar-refractivity contribution is 5.85. The second kappa shape index (κ2) is 7.10. The molecule has 2 bridgehead atoms. The number of fused-ring (bicyclic) bond motifs is 2. The molecule has 2 aliphatic rings. The van der Waals surface area contributed by atoms with Gasteiger partial charge in [0, 0.05) is 18.5 Å². The molecule has 2 rings (SSSR count). The van der Waals surface area contributed by atoms with Crippen LogP contribution in [0.5, 0.6) is 0 Å². The lowest BCUT2D eigenvalue weighted by Crippen LogP contribution is -2.42. The fourth-order valence-electron chi connectivity index (χ4n) is 3.14. The molecular weight excluding hydrogens is 268 g/mol. The van der Waals surface area contributed by atoms with Crippen LogP contribution in [-0.2, 0) is 14.3 Å². The van der Waals surface area contributed by atoms with Crippen LogP contribution < -0.4 is 10.6 Å². The monoisotopic (exact) mass is 290 g/mol. The Morgan fingerprint density at radius 2 is 1.89 bits per heavy atom. The molecule has 2 N–H and O–H groups in total. The molecule has 1 amide bonds. The van der Waals surface area contributed by atoms with Crippen LogP contribution >= 0.6 is 12.4 Å². The van der Waals surface area contributed by atoms with E-state index in [-0.39, 0.29) is 18.3 Å². The van der Waals surface area contributed by atoms with Crippen LogP contribution in [0, 0.1) is 5.92 Å². The number of nitrogens with one attached hydrogen (secondary N) is 2. The van der Waals surface area contributed by atoms with Crippen molar-refractivity contribution < 1.29 is 14.3 Å². The van der Waals surface area contributed by atoms with E-state index in [1.165, 1.54) is 20.0 Å². The summed E-state index contributed by atoms with van der Waals surface area (Å²) in [6.45, 7) is 1.65. The lowest BCUT2D eigenvalue weighted by Gasteiger charge is -2.28. The second-order valence-corrected chi connectivity index (χ2v) is 5.49. The van der Waals surface area contributed by atoms with Crippen molar-refractivity contribution >= 4 is 24.3 Å². The number of carbonyl (C=O) groups excluding carboxylic acids is 2. The number of hydrogen-bond acceptors (Lipinski definition) is 4. The van der Waals surface area contributed by atoms with Crippen LogP contribution in [0.3, 0.4) is 0 Å². The van der Waals surface area contributed by atoms with Gasteiger partial charge >= 0.3 is 5.97 Å². The zero-order valence-electron chi connectivity index (χ0n) is 11.5. The zero-order chi connectivity index (χ0) is 13.1. The molecule has 5 nitrogen and oxygen atoms in total. The van der Waals surface area contributed by atoms with Gasteiger partial charge in [0.05, 0.1) is 7.11 Å². The molecule has 2 saturated heterocycles. The first-order valence-electron chi connectivity index (χ1n) is 6.71. The molecule has 3 unspecified atom stereocenters. The Labute approximate surface area is 120 Å². The fraction of sp³-hybridized carbons (Fsp3) is 0.846. The number of amides is 1. The molecule has 0 saturated carbocycles. The molecule has 3 atom stereocenters. The predicted molar refractivity (Wildman–Crippen MR) is 74.2 cm³/mol. The fourth-order valence-corrected chi connectivity index (χ4v) is 3.14. The molecule has 6 heteroatoms. The SMILES string of the molecule is COC(=O)C(C)NC(=O)CC1CC2CCC(C1)N2.Cl. The Morgan fingerprint density at radius 1 is 1.32 bits per heavy atom. The molecule has 0 aromatic heterocycles. The number of hydrogen-bond donors (Lipinski definition) is 2. The molecule has 2 heterocycles. The highest BCUT2D eigenvalue weighted by Gasteiger charge is 2.34. The third-order valence-corrected chi connectivity index (χ3v) is 3.98. The van der Waals surface area contributed by atoms with Crippen molar-refractivity contribution in [3.05, 3.63) is 0 Å². The van der Waals surface area contributed by atoms with E-state index in [1.54, 1.807) is 6.92 Å². The summed E-state index contributed by atoms with van der Waals surface area (Å²) in [6.07, 6.45) is 5.16. The summed E-state index contributed by atoms with van der Waals surface area (Å²) in [5.74, 6) is 0.0153. The first-order chi connectivity index (χ1) is 8.58. The van der Waals surface area contributed by atoms with E-state index in [4.69, 9.17) is 0 Å². The number of carbonyl (C=O) groups is 2. The average Bonchev–Trinajstić information content (AvgIpc) is 2.67. The number of halogens is 1. The summed E-state index contributed by atoms with van der Waals surface area (Å²) in [5, 5.41) is 6.25. The smallest absolute Gasteiger partial charge is 0.328 e. The minimum absolute atomic E-state index is 0. The zero-order valence-corrected chi connectivity index (χ0v) is 12.3. The van der Waals surface area contributed by atoms with Gasteiger partial charge in [0.2, 0.25) is 5.91 Å². The molecule has 2 fully saturated rings. The first-order valence-corrected chi connectivity index (χ1v) is 6.71. The topological polar surface area (TPSA) is 67.4 Å². The second-order valence-electron chi connectivity index (χ2n) is 5.49. The minimum Gasteiger partial charge on any atom is -0.467 e. The lowest BCUT2D eigenvalue weighted by molar-refractivity contribution is -0.144. The van der Waals surface area contributed by atoms with Gasteiger partial charge in [-0.3, -0.25) is 4.79 Å². The van der Waals surface area contributed by atoms with Gasteiger partial charge in [-0.15, -0.1) is 12.4 Å². The molecule has 0 spiro atoms. The summed E-state index contributed by atoms with van der Waals surface area (Å²) in [7, 11) is 1.33. The Morgan fingerprint density at radius 3 is 2.42 bits per heavy atom. The summed E-state index contributed by atoms with van der Waals surface area (Å²) in [4.78, 5) is 23.0. The highest BCUT2D eigenvalue weighted by atomic mass is 35.5. The van der Waals surface area contributed by atoms with E-state index in [9.17, 15) is 9.59 Å². The van der Waals surface area contributed by atoms with Crippen molar-refractivity contribution in [2.75, 3.05) is 7.11 Å². The maximum Gasteiger partial charge on any atom is 0.328 e. The van der Waals surface area contributed by atoms with Crippen molar-refractivity contribution in [1.29, 1.82) is 0 Å². The highest BCUT2D eigenvalue weighted by Crippen LogP contribution is 2.32. The first kappa shape index (κ1) is 16.2. The molecule has 0 radical (unpaired) electrons. The Kier molecular flexibility index (Phi) is 6.07. The van der Waals surface area contributed by atoms with E-state index in [1.807, 2.05) is 0 Å². The predicted octanol–water partition coefficient (Wildman–Crippen LogP) is 1.01. The molecule has 0 aromatic rings. The van der Waals surface area contributed by atoms with Crippen LogP contribution in [0.4, 0.5) is 0 Å². The summed E-state index contributed by atoms with van der Waals surface area (Å²) < 4.78 is 4.58. The number of methoxy groups -OCH3 is 1. The maximum absolute atomic E-state index is 11.8. The van der Waals surface area contributed by atoms with Crippen LogP contribution in [0.1, 0.15) is 39.0 Å². The van der Waals surface area contributed by atoms with Crippen LogP contribution in [0.25, 0.3) is 0 Å².